The van der Waals surface area contributed by atoms with Crippen LogP contribution in [0.2, 0.25) is 0 Å². The molecule has 9 heteroatoms. The highest BCUT2D eigenvalue weighted by Gasteiger charge is 2.30. The number of sulfonamides is 1. The van der Waals surface area contributed by atoms with Crippen molar-refractivity contribution >= 4 is 48.5 Å². The third kappa shape index (κ3) is 3.31. The maximum atomic E-state index is 12.4. The van der Waals surface area contributed by atoms with Crippen molar-refractivity contribution in [3.05, 3.63) is 53.6 Å². The summed E-state index contributed by atoms with van der Waals surface area (Å²) in [5.41, 5.74) is 2.46. The molecule has 2 aromatic carbocycles. The smallest absolute Gasteiger partial charge is 0.285 e. The second-order valence-electron chi connectivity index (χ2n) is 6.28. The number of amides is 1. The Morgan fingerprint density at radius 1 is 1.22 bits per heavy atom. The normalized spacial score (nSPS) is 14.7. The summed E-state index contributed by atoms with van der Waals surface area (Å²) in [5, 5.41) is 3.28. The van der Waals surface area contributed by atoms with Crippen molar-refractivity contribution in [1.82, 2.24) is 9.88 Å². The summed E-state index contributed by atoms with van der Waals surface area (Å²) in [6.45, 7) is 1.96. The molecule has 3 aromatic rings. The van der Waals surface area contributed by atoms with Crippen LogP contribution in [-0.2, 0) is 14.8 Å². The van der Waals surface area contributed by atoms with Crippen LogP contribution in [0.1, 0.15) is 11.1 Å². The van der Waals surface area contributed by atoms with E-state index < -0.39 is 10.0 Å². The van der Waals surface area contributed by atoms with Crippen LogP contribution >= 0.6 is 11.3 Å². The fourth-order valence-electron chi connectivity index (χ4n) is 2.90. The van der Waals surface area contributed by atoms with Crippen molar-refractivity contribution in [1.29, 1.82) is 0 Å². The highest BCUT2D eigenvalue weighted by Crippen LogP contribution is 2.28. The average Bonchev–Trinajstić information content (AvgIpc) is 3.12. The summed E-state index contributed by atoms with van der Waals surface area (Å²) in [4.78, 5) is 18.5. The minimum absolute atomic E-state index is 0.0440. The van der Waals surface area contributed by atoms with E-state index in [4.69, 9.17) is 0 Å². The second kappa shape index (κ2) is 6.43. The molecule has 0 saturated heterocycles. The Morgan fingerprint density at radius 2 is 2.00 bits per heavy atom. The zero-order valence-corrected chi connectivity index (χ0v) is 16.3. The van der Waals surface area contributed by atoms with E-state index >= 15 is 0 Å². The van der Waals surface area contributed by atoms with E-state index in [1.54, 1.807) is 25.2 Å². The summed E-state index contributed by atoms with van der Waals surface area (Å²) in [7, 11) is -2.07. The van der Waals surface area contributed by atoms with Crippen molar-refractivity contribution in [3.63, 3.8) is 0 Å². The van der Waals surface area contributed by atoms with Gasteiger partial charge in [0, 0.05) is 12.6 Å². The van der Waals surface area contributed by atoms with Crippen molar-refractivity contribution in [2.45, 2.75) is 11.8 Å². The number of fused-ring (bicyclic) bond motifs is 2. The van der Waals surface area contributed by atoms with E-state index in [9.17, 15) is 13.2 Å². The Bertz CT molecular complexity index is 1200. The quantitative estimate of drug-likeness (QED) is 0.730. The van der Waals surface area contributed by atoms with E-state index in [0.29, 0.717) is 10.7 Å². The van der Waals surface area contributed by atoms with Crippen LogP contribution in [0.15, 0.2) is 51.8 Å². The molecule has 0 saturated carbocycles. The van der Waals surface area contributed by atoms with Gasteiger partial charge in [-0.3, -0.25) is 4.79 Å². The van der Waals surface area contributed by atoms with Gasteiger partial charge >= 0.3 is 0 Å². The van der Waals surface area contributed by atoms with E-state index in [-0.39, 0.29) is 23.2 Å². The molecule has 0 fully saturated rings. The van der Waals surface area contributed by atoms with Gasteiger partial charge in [-0.15, -0.1) is 4.40 Å². The highest BCUT2D eigenvalue weighted by molar-refractivity contribution is 7.90. The zero-order chi connectivity index (χ0) is 19.2. The second-order valence-corrected chi connectivity index (χ2v) is 8.88. The molecule has 1 aliphatic rings. The first kappa shape index (κ1) is 17.6. The molecule has 1 aromatic heterocycles. The first-order valence-electron chi connectivity index (χ1n) is 8.16. The molecule has 4 rings (SSSR count). The monoisotopic (exact) mass is 400 g/mol. The molecule has 0 bridgehead atoms. The van der Waals surface area contributed by atoms with E-state index in [2.05, 4.69) is 14.7 Å². The third-order valence-electron chi connectivity index (χ3n) is 4.15. The van der Waals surface area contributed by atoms with Gasteiger partial charge in [0.25, 0.3) is 10.0 Å². The lowest BCUT2D eigenvalue weighted by Gasteiger charge is -2.17. The van der Waals surface area contributed by atoms with Gasteiger partial charge in [-0.1, -0.05) is 29.5 Å². The maximum absolute atomic E-state index is 12.4. The standard InChI is InChI=1S/C18H16N4O3S2/c1-11-7-8-13-14(9-11)26-18(19-13)20-16(23)10-22(2)17-12-5-3-4-6-15(12)27(24,25)21-17/h3-9H,10H2,1-2H3,(H,19,20,23). The maximum Gasteiger partial charge on any atom is 0.285 e. The zero-order valence-electron chi connectivity index (χ0n) is 14.6. The highest BCUT2D eigenvalue weighted by atomic mass is 32.2. The Hall–Kier alpha value is -2.78. The molecule has 2 heterocycles. The molecule has 0 aliphatic carbocycles. The lowest BCUT2D eigenvalue weighted by Crippen LogP contribution is -2.34. The average molecular weight is 400 g/mol. The Balaban J connectivity index is 1.51. The molecule has 138 valence electrons. The van der Waals surface area contributed by atoms with Gasteiger partial charge in [-0.2, -0.15) is 8.42 Å². The number of anilines is 1. The Labute approximate surface area is 160 Å². The van der Waals surface area contributed by atoms with Crippen molar-refractivity contribution in [2.24, 2.45) is 4.40 Å². The lowest BCUT2D eigenvalue weighted by molar-refractivity contribution is -0.116. The molecular formula is C18H16N4O3S2. The number of aromatic nitrogens is 1. The number of hydrogen-bond acceptors (Lipinski definition) is 6. The summed E-state index contributed by atoms with van der Waals surface area (Å²) >= 11 is 1.40. The molecule has 27 heavy (non-hydrogen) atoms. The van der Waals surface area contributed by atoms with Gasteiger partial charge in [0.15, 0.2) is 11.0 Å². The number of carbonyl (C=O) groups excluding carboxylic acids is 1. The number of nitrogens with one attached hydrogen (secondary N) is 1. The number of thiazole rings is 1. The Kier molecular flexibility index (Phi) is 4.20. The Morgan fingerprint density at radius 3 is 2.81 bits per heavy atom. The van der Waals surface area contributed by atoms with Crippen LogP contribution in [-0.4, -0.2) is 43.6 Å². The molecule has 0 unspecified atom stereocenters. The summed E-state index contributed by atoms with van der Waals surface area (Å²) in [5.74, 6) is -0.0292. The first-order valence-corrected chi connectivity index (χ1v) is 10.4. The van der Waals surface area contributed by atoms with Gasteiger partial charge in [-0.05, 0) is 36.8 Å². The van der Waals surface area contributed by atoms with E-state index in [1.807, 2.05) is 25.1 Å². The predicted molar refractivity (Wildman–Crippen MR) is 106 cm³/mol. The fraction of sp³-hybridized carbons (Fsp3) is 0.167. The largest absolute Gasteiger partial charge is 0.349 e. The molecule has 1 N–H and O–H groups in total. The van der Waals surface area contributed by atoms with E-state index in [1.165, 1.54) is 22.3 Å². The molecule has 0 spiro atoms. The third-order valence-corrected chi connectivity index (χ3v) is 6.40. The molecule has 7 nitrogen and oxygen atoms in total. The molecule has 0 radical (unpaired) electrons. The van der Waals surface area contributed by atoms with Gasteiger partial charge in [-0.25, -0.2) is 4.98 Å². The predicted octanol–water partition coefficient (Wildman–Crippen LogP) is 2.62. The van der Waals surface area contributed by atoms with Crippen molar-refractivity contribution in [3.8, 4) is 0 Å². The van der Waals surface area contributed by atoms with Crippen molar-refractivity contribution < 1.29 is 13.2 Å². The van der Waals surface area contributed by atoms with Crippen LogP contribution < -0.4 is 5.32 Å². The number of benzene rings is 2. The van der Waals surface area contributed by atoms with Gasteiger partial charge in [0.05, 0.1) is 16.8 Å². The molecular weight excluding hydrogens is 384 g/mol. The number of likely N-dealkylation sites (N-methyl/N-ethyl adjacent to an activating group) is 1. The van der Waals surface area contributed by atoms with Crippen LogP contribution in [0, 0.1) is 6.92 Å². The van der Waals surface area contributed by atoms with Gasteiger partial charge in [0.2, 0.25) is 5.91 Å². The number of carbonyl (C=O) groups is 1. The summed E-state index contributed by atoms with van der Waals surface area (Å²) < 4.78 is 29.1. The molecule has 1 aliphatic heterocycles. The molecule has 0 atom stereocenters. The lowest BCUT2D eigenvalue weighted by atomic mass is 10.2. The number of hydrogen-bond donors (Lipinski definition) is 1. The number of rotatable bonds is 3. The topological polar surface area (TPSA) is 91.7 Å². The van der Waals surface area contributed by atoms with Crippen molar-refractivity contribution in [2.75, 3.05) is 18.9 Å². The van der Waals surface area contributed by atoms with E-state index in [0.717, 1.165) is 15.8 Å². The van der Waals surface area contributed by atoms with Crippen LogP contribution in [0.5, 0.6) is 0 Å². The van der Waals surface area contributed by atoms with Gasteiger partial charge in [0.1, 0.15) is 4.90 Å². The molecule has 1 amide bonds. The number of amidine groups is 1. The van der Waals surface area contributed by atoms with Crippen LogP contribution in [0.3, 0.4) is 0 Å². The fourth-order valence-corrected chi connectivity index (χ4v) is 5.13. The first-order chi connectivity index (χ1) is 12.8. The number of nitrogens with zero attached hydrogens (tertiary/aromatic N) is 3. The summed E-state index contributed by atoms with van der Waals surface area (Å²) in [6, 6.07) is 12.5. The van der Waals surface area contributed by atoms with Crippen LogP contribution in [0.25, 0.3) is 10.2 Å². The van der Waals surface area contributed by atoms with Crippen LogP contribution in [0.4, 0.5) is 5.13 Å². The minimum Gasteiger partial charge on any atom is -0.349 e. The minimum atomic E-state index is -3.71. The SMILES string of the molecule is Cc1ccc2nc(NC(=O)CN(C)C3=NS(=O)(=O)c4ccccc43)sc2c1. The number of aryl methyl sites for hydroxylation is 1. The van der Waals surface area contributed by atoms with Gasteiger partial charge < -0.3 is 10.2 Å². The summed E-state index contributed by atoms with van der Waals surface area (Å²) in [6.07, 6.45) is 0.